The van der Waals surface area contributed by atoms with Crippen LogP contribution in [0.4, 0.5) is 5.69 Å². The molecule has 0 aliphatic carbocycles. The molecular weight excluding hydrogens is 322 g/mol. The summed E-state index contributed by atoms with van der Waals surface area (Å²) in [5, 5.41) is 3.17. The number of nitrogens with one attached hydrogen (secondary N) is 1. The number of ether oxygens (including phenoxy) is 1. The molecule has 0 unspecified atom stereocenters. The van der Waals surface area contributed by atoms with Crippen LogP contribution in [0.5, 0.6) is 0 Å². The molecule has 1 aromatic rings. The summed E-state index contributed by atoms with van der Waals surface area (Å²) in [5.41, 5.74) is 0.804. The first kappa shape index (κ1) is 15.8. The van der Waals surface area contributed by atoms with E-state index in [1.165, 1.54) is 12.0 Å². The predicted octanol–water partition coefficient (Wildman–Crippen LogP) is 0.591. The molecule has 2 aliphatic rings. The minimum absolute atomic E-state index is 0.0435. The van der Waals surface area contributed by atoms with Crippen LogP contribution >= 0.6 is 11.6 Å². The summed E-state index contributed by atoms with van der Waals surface area (Å²) in [6.07, 6.45) is 0. The Balaban J connectivity index is 1.88. The number of methoxy groups -OCH3 is 1. The van der Waals surface area contributed by atoms with Crippen molar-refractivity contribution in [2.75, 3.05) is 38.7 Å². The maximum Gasteiger partial charge on any atom is 0.256 e. The van der Waals surface area contributed by atoms with Crippen LogP contribution in [0.15, 0.2) is 18.2 Å². The molecule has 0 saturated carbocycles. The van der Waals surface area contributed by atoms with Gasteiger partial charge in [0.25, 0.3) is 5.91 Å². The maximum atomic E-state index is 12.7. The molecule has 1 N–H and O–H groups in total. The molecule has 0 aromatic heterocycles. The molecule has 1 fully saturated rings. The van der Waals surface area contributed by atoms with Gasteiger partial charge in [-0.3, -0.25) is 14.4 Å². The van der Waals surface area contributed by atoms with E-state index in [9.17, 15) is 14.4 Å². The normalized spacial score (nSPS) is 20.5. The quantitative estimate of drug-likeness (QED) is 0.856. The third-order valence-corrected chi connectivity index (χ3v) is 4.27. The van der Waals surface area contributed by atoms with Crippen LogP contribution in [-0.4, -0.2) is 66.9 Å². The van der Waals surface area contributed by atoms with E-state index in [-0.39, 0.29) is 30.9 Å². The number of anilines is 1. The fourth-order valence-corrected chi connectivity index (χ4v) is 3.04. The van der Waals surface area contributed by atoms with Crippen molar-refractivity contribution in [3.05, 3.63) is 28.8 Å². The lowest BCUT2D eigenvalue weighted by Gasteiger charge is -2.39. The van der Waals surface area contributed by atoms with Gasteiger partial charge in [-0.25, -0.2) is 0 Å². The topological polar surface area (TPSA) is 79.0 Å². The van der Waals surface area contributed by atoms with E-state index < -0.39 is 6.04 Å². The van der Waals surface area contributed by atoms with Crippen molar-refractivity contribution in [2.45, 2.75) is 6.04 Å². The number of piperazine rings is 1. The molecule has 23 heavy (non-hydrogen) atoms. The monoisotopic (exact) mass is 337 g/mol. The minimum Gasteiger partial charge on any atom is -0.375 e. The van der Waals surface area contributed by atoms with Gasteiger partial charge in [-0.1, -0.05) is 11.6 Å². The Kier molecular flexibility index (Phi) is 4.23. The molecule has 8 heteroatoms. The average molecular weight is 338 g/mol. The van der Waals surface area contributed by atoms with Gasteiger partial charge in [-0.2, -0.15) is 0 Å². The van der Waals surface area contributed by atoms with E-state index in [2.05, 4.69) is 5.32 Å². The first-order valence-corrected chi connectivity index (χ1v) is 7.57. The van der Waals surface area contributed by atoms with Crippen molar-refractivity contribution in [1.82, 2.24) is 9.80 Å². The fourth-order valence-electron chi connectivity index (χ4n) is 2.87. The summed E-state index contributed by atoms with van der Waals surface area (Å²) in [7, 11) is 1.44. The Morgan fingerprint density at radius 1 is 1.39 bits per heavy atom. The summed E-state index contributed by atoms with van der Waals surface area (Å²) in [4.78, 5) is 40.2. The van der Waals surface area contributed by atoms with Gasteiger partial charge in [0, 0.05) is 25.2 Å². The summed E-state index contributed by atoms with van der Waals surface area (Å²) < 4.78 is 4.84. The van der Waals surface area contributed by atoms with Crippen LogP contribution in [0.25, 0.3) is 0 Å². The van der Waals surface area contributed by atoms with E-state index >= 15 is 0 Å². The zero-order valence-electron chi connectivity index (χ0n) is 12.5. The molecule has 0 bridgehead atoms. The van der Waals surface area contributed by atoms with Gasteiger partial charge in [0.05, 0.1) is 17.8 Å². The average Bonchev–Trinajstić information content (AvgIpc) is 2.63. The van der Waals surface area contributed by atoms with Crippen LogP contribution in [0.3, 0.4) is 0 Å². The zero-order chi connectivity index (χ0) is 16.6. The predicted molar refractivity (Wildman–Crippen MR) is 83.4 cm³/mol. The molecule has 2 aliphatic heterocycles. The number of amides is 3. The Morgan fingerprint density at radius 2 is 2.17 bits per heavy atom. The van der Waals surface area contributed by atoms with Crippen molar-refractivity contribution in [3.8, 4) is 0 Å². The first-order valence-electron chi connectivity index (χ1n) is 7.19. The van der Waals surface area contributed by atoms with Gasteiger partial charge in [0.15, 0.2) is 0 Å². The largest absolute Gasteiger partial charge is 0.375 e. The number of carbonyl (C=O) groups excluding carboxylic acids is 3. The lowest BCUT2D eigenvalue weighted by atomic mass is 10.1. The number of rotatable bonds is 2. The van der Waals surface area contributed by atoms with Crippen LogP contribution < -0.4 is 5.32 Å². The summed E-state index contributed by atoms with van der Waals surface area (Å²) in [6.45, 7) is 0.786. The van der Waals surface area contributed by atoms with Crippen molar-refractivity contribution in [2.24, 2.45) is 0 Å². The third kappa shape index (κ3) is 2.89. The number of halogens is 1. The SMILES string of the molecule is COCC(=O)N1CCN2C(=O)c3ccc(Cl)cc3NC(=O)[C@H]2C1. The Morgan fingerprint density at radius 3 is 2.91 bits per heavy atom. The molecule has 1 atom stereocenters. The molecule has 1 aromatic carbocycles. The highest BCUT2D eigenvalue weighted by molar-refractivity contribution is 6.31. The van der Waals surface area contributed by atoms with Crippen molar-refractivity contribution >= 4 is 35.0 Å². The van der Waals surface area contributed by atoms with E-state index in [0.717, 1.165) is 0 Å². The van der Waals surface area contributed by atoms with E-state index in [4.69, 9.17) is 16.3 Å². The highest BCUT2D eigenvalue weighted by atomic mass is 35.5. The fraction of sp³-hybridized carbons (Fsp3) is 0.400. The smallest absolute Gasteiger partial charge is 0.256 e. The van der Waals surface area contributed by atoms with Gasteiger partial charge >= 0.3 is 0 Å². The Labute approximate surface area is 138 Å². The van der Waals surface area contributed by atoms with Gasteiger partial charge in [-0.05, 0) is 18.2 Å². The Bertz CT molecular complexity index is 679. The maximum absolute atomic E-state index is 12.7. The lowest BCUT2D eigenvalue weighted by molar-refractivity contribution is -0.139. The highest BCUT2D eigenvalue weighted by Gasteiger charge is 2.40. The summed E-state index contributed by atoms with van der Waals surface area (Å²) in [5.74, 6) is -0.759. The molecule has 1 saturated heterocycles. The number of hydrogen-bond donors (Lipinski definition) is 1. The van der Waals surface area contributed by atoms with Gasteiger partial charge in [0.2, 0.25) is 11.8 Å². The summed E-state index contributed by atoms with van der Waals surface area (Å²) >= 11 is 5.93. The van der Waals surface area contributed by atoms with Crippen LogP contribution in [0.1, 0.15) is 10.4 Å². The first-order chi connectivity index (χ1) is 11.0. The van der Waals surface area contributed by atoms with Gasteiger partial charge < -0.3 is 19.9 Å². The van der Waals surface area contributed by atoms with E-state index in [1.807, 2.05) is 0 Å². The van der Waals surface area contributed by atoms with Crippen molar-refractivity contribution in [1.29, 1.82) is 0 Å². The molecule has 3 amide bonds. The second-order valence-electron chi connectivity index (χ2n) is 5.47. The van der Waals surface area contributed by atoms with Crippen molar-refractivity contribution in [3.63, 3.8) is 0 Å². The lowest BCUT2D eigenvalue weighted by Crippen LogP contribution is -2.59. The number of nitrogens with zero attached hydrogens (tertiary/aromatic N) is 2. The molecule has 3 rings (SSSR count). The summed E-state index contributed by atoms with van der Waals surface area (Å²) in [6, 6.07) is 4.05. The van der Waals surface area contributed by atoms with Crippen molar-refractivity contribution < 1.29 is 19.1 Å². The number of benzene rings is 1. The second kappa shape index (κ2) is 6.17. The molecule has 0 radical (unpaired) electrons. The van der Waals surface area contributed by atoms with E-state index in [1.54, 1.807) is 23.1 Å². The zero-order valence-corrected chi connectivity index (χ0v) is 13.3. The highest BCUT2D eigenvalue weighted by Crippen LogP contribution is 2.27. The van der Waals surface area contributed by atoms with Crippen LogP contribution in [0.2, 0.25) is 5.02 Å². The van der Waals surface area contributed by atoms with E-state index in [0.29, 0.717) is 29.4 Å². The number of carbonyl (C=O) groups is 3. The molecule has 122 valence electrons. The Hall–Kier alpha value is -2.12. The molecule has 7 nitrogen and oxygen atoms in total. The standard InChI is InChI=1S/C15H16ClN3O4/c1-23-8-13(20)18-4-5-19-12(7-18)14(21)17-11-6-9(16)2-3-10(11)15(19)22/h2-3,6,12H,4-5,7-8H2,1H3,(H,17,21)/t12-/m1/s1. The molecular formula is C15H16ClN3O4. The number of fused-ring (bicyclic) bond motifs is 2. The number of hydrogen-bond acceptors (Lipinski definition) is 4. The molecule has 0 spiro atoms. The van der Waals surface area contributed by atoms with Gasteiger partial charge in [-0.15, -0.1) is 0 Å². The third-order valence-electron chi connectivity index (χ3n) is 4.03. The molecule has 2 heterocycles. The minimum atomic E-state index is -0.719. The van der Waals surface area contributed by atoms with Crippen LogP contribution in [0, 0.1) is 0 Å². The second-order valence-corrected chi connectivity index (χ2v) is 5.90. The van der Waals surface area contributed by atoms with Gasteiger partial charge in [0.1, 0.15) is 12.6 Å². The van der Waals surface area contributed by atoms with Crippen LogP contribution in [-0.2, 0) is 14.3 Å².